The van der Waals surface area contributed by atoms with Crippen molar-refractivity contribution in [3.8, 4) is 6.07 Å². The van der Waals surface area contributed by atoms with Crippen molar-refractivity contribution in [3.63, 3.8) is 0 Å². The lowest BCUT2D eigenvalue weighted by atomic mass is 9.48. The minimum absolute atomic E-state index is 0.372. The molecule has 5 rings (SSSR count). The molecule has 4 nitrogen and oxygen atoms in total. The number of nitriles is 1. The maximum atomic E-state index is 10.9. The molecule has 0 spiro atoms. The van der Waals surface area contributed by atoms with E-state index in [-0.39, 0.29) is 5.60 Å². The van der Waals surface area contributed by atoms with Gasteiger partial charge in [0.1, 0.15) is 6.07 Å². The summed E-state index contributed by atoms with van der Waals surface area (Å²) in [7, 11) is 0. The third-order valence-corrected chi connectivity index (χ3v) is 10.8. The third kappa shape index (κ3) is 3.56. The average Bonchev–Trinajstić information content (AvgIpc) is 3.36. The van der Waals surface area contributed by atoms with E-state index in [1.54, 1.807) is 6.20 Å². The lowest BCUT2D eigenvalue weighted by Gasteiger charge is -2.57. The summed E-state index contributed by atoms with van der Waals surface area (Å²) in [5.41, 5.74) is 0.767. The van der Waals surface area contributed by atoms with E-state index in [9.17, 15) is 5.11 Å². The Bertz CT molecular complexity index is 842. The Hall–Kier alpha value is -1.34. The first-order valence-electron chi connectivity index (χ1n) is 13.0. The van der Waals surface area contributed by atoms with E-state index in [1.165, 1.54) is 44.9 Å². The summed E-state index contributed by atoms with van der Waals surface area (Å²) in [5, 5.41) is 24.5. The Balaban J connectivity index is 1.29. The third-order valence-electron chi connectivity index (χ3n) is 10.8. The van der Waals surface area contributed by atoms with Crippen LogP contribution in [0.1, 0.15) is 90.5 Å². The quantitative estimate of drug-likeness (QED) is 0.665. The van der Waals surface area contributed by atoms with Crippen LogP contribution in [0, 0.1) is 58.2 Å². The van der Waals surface area contributed by atoms with Crippen molar-refractivity contribution in [1.82, 2.24) is 9.78 Å². The number of fused-ring (bicyclic) bond motifs is 5. The molecule has 9 atom stereocenters. The normalized spacial score (nSPS) is 45.3. The molecular weight excluding hydrogens is 382 g/mol. The van der Waals surface area contributed by atoms with E-state index >= 15 is 0 Å². The van der Waals surface area contributed by atoms with E-state index < -0.39 is 0 Å². The molecule has 1 N–H and O–H groups in total. The molecule has 31 heavy (non-hydrogen) atoms. The molecule has 1 unspecified atom stereocenters. The molecule has 0 radical (unpaired) electrons. The number of hydrogen-bond donors (Lipinski definition) is 1. The van der Waals surface area contributed by atoms with Gasteiger partial charge in [0.15, 0.2) is 0 Å². The lowest BCUT2D eigenvalue weighted by molar-refractivity contribution is -0.109. The van der Waals surface area contributed by atoms with Crippen LogP contribution in [0.2, 0.25) is 0 Å². The Morgan fingerprint density at radius 2 is 1.97 bits per heavy atom. The number of rotatable bonds is 4. The maximum absolute atomic E-state index is 10.9. The molecule has 170 valence electrons. The zero-order valence-corrected chi connectivity index (χ0v) is 19.8. The fourth-order valence-corrected chi connectivity index (χ4v) is 9.20. The lowest BCUT2D eigenvalue weighted by Crippen LogP contribution is -2.51. The van der Waals surface area contributed by atoms with E-state index in [0.29, 0.717) is 16.9 Å². The maximum Gasteiger partial charge on any atom is 0.102 e. The molecular formula is C27H41N3O. The van der Waals surface area contributed by atoms with Crippen molar-refractivity contribution in [2.24, 2.45) is 46.8 Å². The van der Waals surface area contributed by atoms with Gasteiger partial charge in [-0.05, 0) is 111 Å². The summed E-state index contributed by atoms with van der Waals surface area (Å²) in [6.45, 7) is 8.14. The van der Waals surface area contributed by atoms with Gasteiger partial charge in [-0.1, -0.05) is 20.8 Å². The molecule has 0 aromatic carbocycles. The van der Waals surface area contributed by atoms with Crippen molar-refractivity contribution >= 4 is 0 Å². The minimum atomic E-state index is -0.372. The molecule has 1 aromatic heterocycles. The van der Waals surface area contributed by atoms with Gasteiger partial charge in [0.05, 0.1) is 17.4 Å². The summed E-state index contributed by atoms with van der Waals surface area (Å²) >= 11 is 0. The van der Waals surface area contributed by atoms with Crippen LogP contribution in [0.15, 0.2) is 12.4 Å². The van der Waals surface area contributed by atoms with Gasteiger partial charge in [-0.2, -0.15) is 10.4 Å². The van der Waals surface area contributed by atoms with Gasteiger partial charge < -0.3 is 5.11 Å². The highest BCUT2D eigenvalue weighted by molar-refractivity contribution is 5.21. The molecule has 0 saturated heterocycles. The molecule has 1 aromatic rings. The summed E-state index contributed by atoms with van der Waals surface area (Å²) in [5.74, 6) is 5.73. The largest absolute Gasteiger partial charge is 0.390 e. The van der Waals surface area contributed by atoms with Crippen molar-refractivity contribution in [2.75, 3.05) is 0 Å². The molecule has 0 bridgehead atoms. The second kappa shape index (κ2) is 7.91. The van der Waals surface area contributed by atoms with Crippen LogP contribution in [-0.4, -0.2) is 20.5 Å². The molecule has 4 heteroatoms. The predicted molar refractivity (Wildman–Crippen MR) is 122 cm³/mol. The summed E-state index contributed by atoms with van der Waals surface area (Å²) in [6, 6.07) is 2.21. The van der Waals surface area contributed by atoms with Gasteiger partial charge in [0.2, 0.25) is 0 Å². The molecule has 4 aliphatic carbocycles. The summed E-state index contributed by atoms with van der Waals surface area (Å²) < 4.78 is 1.99. The Morgan fingerprint density at radius 3 is 2.71 bits per heavy atom. The second-order valence-corrected chi connectivity index (χ2v) is 12.0. The van der Waals surface area contributed by atoms with Crippen LogP contribution in [0.25, 0.3) is 0 Å². The highest BCUT2D eigenvalue weighted by Crippen LogP contribution is 2.65. The highest BCUT2D eigenvalue weighted by Gasteiger charge is 2.58. The topological polar surface area (TPSA) is 61.8 Å². The molecule has 4 aliphatic rings. The van der Waals surface area contributed by atoms with Crippen LogP contribution in [0.5, 0.6) is 0 Å². The van der Waals surface area contributed by atoms with Crippen LogP contribution in [0.4, 0.5) is 0 Å². The number of hydrogen-bond acceptors (Lipinski definition) is 3. The minimum Gasteiger partial charge on any atom is -0.390 e. The second-order valence-electron chi connectivity index (χ2n) is 12.0. The van der Waals surface area contributed by atoms with E-state index in [4.69, 9.17) is 5.26 Å². The van der Waals surface area contributed by atoms with Crippen LogP contribution >= 0.6 is 0 Å². The Labute approximate surface area is 188 Å². The molecule has 4 fully saturated rings. The molecule has 0 amide bonds. The molecule has 0 aliphatic heterocycles. The van der Waals surface area contributed by atoms with E-state index in [0.717, 1.165) is 61.3 Å². The van der Waals surface area contributed by atoms with Crippen LogP contribution in [0.3, 0.4) is 0 Å². The summed E-state index contributed by atoms with van der Waals surface area (Å²) in [4.78, 5) is 0. The van der Waals surface area contributed by atoms with Crippen LogP contribution in [-0.2, 0) is 6.54 Å². The van der Waals surface area contributed by atoms with Gasteiger partial charge in [-0.3, -0.25) is 4.68 Å². The standard InChI is InChI=1S/C27H41N3O/c1-4-27(31)12-10-21-20(13-27)5-6-23-22(21)9-11-26(3)24(7-8-25(23)26)18(2)16-30-17-19(14-28)15-29-30/h15,17-18,20-25,31H,4-13,16H2,1-3H3/t18?,20-,21+,22-,23-,24-,25+,26-,27-/m1/s1. The zero-order chi connectivity index (χ0) is 21.8. The van der Waals surface area contributed by atoms with Crippen molar-refractivity contribution in [3.05, 3.63) is 18.0 Å². The van der Waals surface area contributed by atoms with Gasteiger partial charge >= 0.3 is 0 Å². The predicted octanol–water partition coefficient (Wildman–Crippen LogP) is 5.80. The van der Waals surface area contributed by atoms with E-state index in [1.807, 2.05) is 10.9 Å². The van der Waals surface area contributed by atoms with Gasteiger partial charge in [0.25, 0.3) is 0 Å². The smallest absolute Gasteiger partial charge is 0.102 e. The Kier molecular flexibility index (Phi) is 5.48. The van der Waals surface area contributed by atoms with Crippen LogP contribution < -0.4 is 0 Å². The van der Waals surface area contributed by atoms with E-state index in [2.05, 4.69) is 31.9 Å². The first kappa shape index (κ1) is 21.5. The van der Waals surface area contributed by atoms with Gasteiger partial charge in [-0.25, -0.2) is 0 Å². The van der Waals surface area contributed by atoms with Gasteiger partial charge in [-0.15, -0.1) is 0 Å². The van der Waals surface area contributed by atoms with Crippen molar-refractivity contribution in [1.29, 1.82) is 5.26 Å². The zero-order valence-electron chi connectivity index (χ0n) is 19.8. The van der Waals surface area contributed by atoms with Gasteiger partial charge in [0, 0.05) is 12.7 Å². The fourth-order valence-electron chi connectivity index (χ4n) is 9.20. The number of nitrogens with zero attached hydrogens (tertiary/aromatic N) is 3. The summed E-state index contributed by atoms with van der Waals surface area (Å²) in [6.07, 6.45) is 16.2. The first-order valence-corrected chi connectivity index (χ1v) is 13.0. The average molecular weight is 424 g/mol. The number of aromatic nitrogens is 2. The van der Waals surface area contributed by atoms with Crippen molar-refractivity contribution < 1.29 is 5.11 Å². The first-order chi connectivity index (χ1) is 14.9. The number of aliphatic hydroxyl groups is 1. The molecule has 4 saturated carbocycles. The monoisotopic (exact) mass is 423 g/mol. The SMILES string of the molecule is CC[C@@]1(O)CC[C@H]2[C@H](CC[C@@H]3[C@@H]2CC[C@]2(C)[C@@H](C(C)Cn4cc(C#N)cn4)CC[C@@H]32)C1. The Morgan fingerprint density at radius 1 is 1.16 bits per heavy atom. The highest BCUT2D eigenvalue weighted by atomic mass is 16.3. The fraction of sp³-hybridized carbons (Fsp3) is 0.852. The molecule has 1 heterocycles. The van der Waals surface area contributed by atoms with Crippen molar-refractivity contribution in [2.45, 2.75) is 97.1 Å².